The van der Waals surface area contributed by atoms with Crippen LogP contribution in [-0.2, 0) is 0 Å². The van der Waals surface area contributed by atoms with E-state index >= 15 is 0 Å². The van der Waals surface area contributed by atoms with Crippen LogP contribution < -0.4 is 10.2 Å². The molecule has 0 radical (unpaired) electrons. The minimum absolute atomic E-state index is 0.0348. The van der Waals surface area contributed by atoms with Crippen molar-refractivity contribution in [3.8, 4) is 0 Å². The van der Waals surface area contributed by atoms with Crippen molar-refractivity contribution in [1.29, 1.82) is 0 Å². The van der Waals surface area contributed by atoms with Gasteiger partial charge in [-0.25, -0.2) is 0 Å². The third kappa shape index (κ3) is 3.10. The first kappa shape index (κ1) is 17.0. The molecule has 2 bridgehead atoms. The first-order valence-electron chi connectivity index (χ1n) is 10.4. The molecule has 0 saturated carbocycles. The summed E-state index contributed by atoms with van der Waals surface area (Å²) in [6, 6.07) is 7.79. The topological polar surface area (TPSA) is 64.3 Å². The van der Waals surface area contributed by atoms with E-state index in [-0.39, 0.29) is 11.9 Å². The molecule has 2 aromatic rings. The Balaban J connectivity index is 1.35. The molecule has 1 aromatic carbocycles. The van der Waals surface area contributed by atoms with Gasteiger partial charge in [-0.1, -0.05) is 6.42 Å². The second-order valence-corrected chi connectivity index (χ2v) is 8.54. The number of H-pyrrole nitrogens is 1. The number of nitrogens with one attached hydrogen (secondary N) is 2. The van der Waals surface area contributed by atoms with Crippen molar-refractivity contribution in [3.63, 3.8) is 0 Å². The number of benzene rings is 1. The number of anilines is 1. The van der Waals surface area contributed by atoms with Gasteiger partial charge in [-0.15, -0.1) is 0 Å². The molecule has 1 amide bonds. The van der Waals surface area contributed by atoms with Gasteiger partial charge >= 0.3 is 0 Å². The number of rotatable bonds is 3. The van der Waals surface area contributed by atoms with E-state index in [0.29, 0.717) is 17.8 Å². The highest BCUT2D eigenvalue weighted by molar-refractivity contribution is 6.05. The molecule has 6 heteroatoms. The Morgan fingerprint density at radius 2 is 1.89 bits per heavy atom. The van der Waals surface area contributed by atoms with E-state index in [4.69, 9.17) is 0 Å². The van der Waals surface area contributed by atoms with Crippen LogP contribution in [0.25, 0.3) is 10.9 Å². The highest BCUT2D eigenvalue weighted by Crippen LogP contribution is 2.33. The molecule has 0 aliphatic carbocycles. The van der Waals surface area contributed by atoms with Crippen LogP contribution in [0, 0.1) is 0 Å². The van der Waals surface area contributed by atoms with Gasteiger partial charge in [-0.3, -0.25) is 9.89 Å². The van der Waals surface area contributed by atoms with Crippen molar-refractivity contribution >= 4 is 22.5 Å². The molecule has 1 aromatic heterocycles. The zero-order valence-electron chi connectivity index (χ0n) is 16.1. The molecule has 144 valence electrons. The van der Waals surface area contributed by atoms with E-state index in [2.05, 4.69) is 44.5 Å². The standard InChI is InChI=1S/C21H29N5O/c1-25-15-5-4-6-16(25)12-14(11-15)22-21(27)20-18-13-17(26-9-2-3-10-26)7-8-19(18)23-24-20/h7-8,13-16H,2-6,9-12H2,1H3,(H,22,27)(H,23,24). The number of nitrogens with zero attached hydrogens (tertiary/aromatic N) is 3. The van der Waals surface area contributed by atoms with E-state index < -0.39 is 0 Å². The molecule has 5 rings (SSSR count). The first-order valence-corrected chi connectivity index (χ1v) is 10.4. The highest BCUT2D eigenvalue weighted by Gasteiger charge is 2.36. The maximum Gasteiger partial charge on any atom is 0.272 e. The fraction of sp³-hybridized carbons (Fsp3) is 0.619. The van der Waals surface area contributed by atoms with Crippen LogP contribution in [0.5, 0.6) is 0 Å². The van der Waals surface area contributed by atoms with E-state index in [1.165, 1.54) is 37.8 Å². The lowest BCUT2D eigenvalue weighted by molar-refractivity contribution is 0.0462. The summed E-state index contributed by atoms with van der Waals surface area (Å²) in [6.45, 7) is 2.20. The second kappa shape index (κ2) is 6.82. The zero-order chi connectivity index (χ0) is 18.4. The first-order chi connectivity index (χ1) is 13.2. The molecule has 4 heterocycles. The van der Waals surface area contributed by atoms with Crippen LogP contribution in [0.4, 0.5) is 5.69 Å². The summed E-state index contributed by atoms with van der Waals surface area (Å²) in [7, 11) is 2.24. The number of aromatic nitrogens is 2. The fourth-order valence-corrected chi connectivity index (χ4v) is 5.33. The smallest absolute Gasteiger partial charge is 0.272 e. The summed E-state index contributed by atoms with van der Waals surface area (Å²) in [6.07, 6.45) is 8.43. The maximum atomic E-state index is 13.0. The number of amides is 1. The van der Waals surface area contributed by atoms with Crippen molar-refractivity contribution in [2.24, 2.45) is 0 Å². The van der Waals surface area contributed by atoms with E-state index in [1.54, 1.807) is 0 Å². The van der Waals surface area contributed by atoms with Crippen molar-refractivity contribution in [2.45, 2.75) is 63.1 Å². The van der Waals surface area contributed by atoms with Gasteiger partial charge in [0.1, 0.15) is 0 Å². The van der Waals surface area contributed by atoms with Gasteiger partial charge in [0.25, 0.3) is 5.91 Å². The molecule has 2 N–H and O–H groups in total. The Kier molecular flexibility index (Phi) is 4.31. The third-order valence-electron chi connectivity index (χ3n) is 6.91. The lowest BCUT2D eigenvalue weighted by Gasteiger charge is -2.47. The largest absolute Gasteiger partial charge is 0.372 e. The van der Waals surface area contributed by atoms with Gasteiger partial charge < -0.3 is 15.1 Å². The summed E-state index contributed by atoms with van der Waals surface area (Å²) in [5, 5.41) is 11.6. The molecule has 3 fully saturated rings. The average Bonchev–Trinajstić information content (AvgIpc) is 3.31. The molecule has 3 aliphatic heterocycles. The Morgan fingerprint density at radius 3 is 2.63 bits per heavy atom. The number of carbonyl (C=O) groups is 1. The number of hydrogen-bond donors (Lipinski definition) is 2. The number of fused-ring (bicyclic) bond motifs is 3. The molecule has 6 nitrogen and oxygen atoms in total. The molecule has 2 atom stereocenters. The number of piperidine rings is 2. The lowest BCUT2D eigenvalue weighted by atomic mass is 9.82. The number of carbonyl (C=O) groups excluding carboxylic acids is 1. The van der Waals surface area contributed by atoms with Gasteiger partial charge in [-0.2, -0.15) is 5.10 Å². The minimum atomic E-state index is -0.0348. The molecule has 2 unspecified atom stereocenters. The Bertz CT molecular complexity index is 826. The quantitative estimate of drug-likeness (QED) is 0.876. The summed E-state index contributed by atoms with van der Waals surface area (Å²) in [4.78, 5) is 17.9. The molecule has 3 saturated heterocycles. The molecular formula is C21H29N5O. The van der Waals surface area contributed by atoms with E-state index in [9.17, 15) is 4.79 Å². The summed E-state index contributed by atoms with van der Waals surface area (Å²) in [5.74, 6) is -0.0348. The average molecular weight is 367 g/mol. The van der Waals surface area contributed by atoms with Crippen LogP contribution >= 0.6 is 0 Å². The van der Waals surface area contributed by atoms with Crippen LogP contribution in [-0.4, -0.2) is 59.3 Å². The Morgan fingerprint density at radius 1 is 1.15 bits per heavy atom. The third-order valence-corrected chi connectivity index (χ3v) is 6.91. The van der Waals surface area contributed by atoms with Crippen LogP contribution in [0.2, 0.25) is 0 Å². The Labute approximate surface area is 160 Å². The lowest BCUT2D eigenvalue weighted by Crippen LogP contribution is -2.55. The van der Waals surface area contributed by atoms with Crippen LogP contribution in [0.1, 0.15) is 55.4 Å². The van der Waals surface area contributed by atoms with Gasteiger partial charge in [-0.05, 0) is 63.8 Å². The number of hydrogen-bond acceptors (Lipinski definition) is 4. The van der Waals surface area contributed by atoms with Crippen molar-refractivity contribution in [1.82, 2.24) is 20.4 Å². The predicted octanol–water partition coefficient (Wildman–Crippen LogP) is 2.91. The molecule has 27 heavy (non-hydrogen) atoms. The fourth-order valence-electron chi connectivity index (χ4n) is 5.33. The minimum Gasteiger partial charge on any atom is -0.372 e. The van der Waals surface area contributed by atoms with E-state index in [0.717, 1.165) is 36.8 Å². The summed E-state index contributed by atoms with van der Waals surface area (Å²) < 4.78 is 0. The molecule has 3 aliphatic rings. The van der Waals surface area contributed by atoms with E-state index in [1.807, 2.05) is 6.07 Å². The number of aromatic amines is 1. The maximum absolute atomic E-state index is 13.0. The monoisotopic (exact) mass is 367 g/mol. The van der Waals surface area contributed by atoms with Crippen molar-refractivity contribution < 1.29 is 4.79 Å². The second-order valence-electron chi connectivity index (χ2n) is 8.54. The summed E-state index contributed by atoms with van der Waals surface area (Å²) in [5.41, 5.74) is 2.67. The van der Waals surface area contributed by atoms with Gasteiger partial charge in [0.15, 0.2) is 5.69 Å². The Hall–Kier alpha value is -2.08. The van der Waals surface area contributed by atoms with Crippen molar-refractivity contribution in [3.05, 3.63) is 23.9 Å². The molecular weight excluding hydrogens is 338 g/mol. The zero-order valence-corrected chi connectivity index (χ0v) is 16.1. The highest BCUT2D eigenvalue weighted by atomic mass is 16.2. The normalized spacial score (nSPS) is 28.6. The van der Waals surface area contributed by atoms with Gasteiger partial charge in [0.2, 0.25) is 0 Å². The predicted molar refractivity (Wildman–Crippen MR) is 107 cm³/mol. The molecule has 0 spiro atoms. The summed E-state index contributed by atoms with van der Waals surface area (Å²) >= 11 is 0. The SMILES string of the molecule is CN1C2CCCC1CC(NC(=O)c1n[nH]c3ccc(N4CCCC4)cc13)C2. The van der Waals surface area contributed by atoms with Crippen LogP contribution in [0.15, 0.2) is 18.2 Å². The van der Waals surface area contributed by atoms with Crippen molar-refractivity contribution in [2.75, 3.05) is 25.0 Å². The van der Waals surface area contributed by atoms with Gasteiger partial charge in [0, 0.05) is 42.3 Å². The van der Waals surface area contributed by atoms with Crippen LogP contribution in [0.3, 0.4) is 0 Å². The van der Waals surface area contributed by atoms with Gasteiger partial charge in [0.05, 0.1) is 5.52 Å².